The van der Waals surface area contributed by atoms with Crippen molar-refractivity contribution in [2.24, 2.45) is 17.6 Å². The van der Waals surface area contributed by atoms with E-state index in [1.54, 1.807) is 0 Å². The summed E-state index contributed by atoms with van der Waals surface area (Å²) in [5.74, 6) is 1.32. The molecule has 1 amide bonds. The summed E-state index contributed by atoms with van der Waals surface area (Å²) in [6.45, 7) is 2.99. The number of nitrogens with zero attached hydrogens (tertiary/aromatic N) is 2. The van der Waals surface area contributed by atoms with Gasteiger partial charge in [0.2, 0.25) is 5.91 Å². The zero-order chi connectivity index (χ0) is 14.5. The smallest absolute Gasteiger partial charge is 0.225 e. The molecule has 1 aliphatic carbocycles. The molecule has 0 bridgehead atoms. The molecule has 1 saturated heterocycles. The van der Waals surface area contributed by atoms with Crippen molar-refractivity contribution in [1.29, 1.82) is 0 Å². The monoisotopic (exact) mass is 281 g/mol. The van der Waals surface area contributed by atoms with Gasteiger partial charge in [0.15, 0.2) is 0 Å². The van der Waals surface area contributed by atoms with Crippen molar-refractivity contribution in [3.63, 3.8) is 0 Å². The Morgan fingerprint density at radius 3 is 2.60 bits per heavy atom. The second-order valence-electron chi connectivity index (χ2n) is 6.79. The number of carbonyl (C=O) groups excluding carboxylic acids is 1. The summed E-state index contributed by atoms with van der Waals surface area (Å²) in [6, 6.07) is 0.452. The molecule has 0 aromatic heterocycles. The quantitative estimate of drug-likeness (QED) is 0.853. The number of piperidine rings is 1. The lowest BCUT2D eigenvalue weighted by molar-refractivity contribution is -0.138. The van der Waals surface area contributed by atoms with Gasteiger partial charge in [0.05, 0.1) is 0 Å². The van der Waals surface area contributed by atoms with Crippen molar-refractivity contribution in [2.45, 2.75) is 51.0 Å². The summed E-state index contributed by atoms with van der Waals surface area (Å²) in [7, 11) is 4.18. The maximum atomic E-state index is 12.7. The molecule has 2 atom stereocenters. The Hall–Kier alpha value is -0.610. The molecule has 0 radical (unpaired) electrons. The van der Waals surface area contributed by atoms with Crippen LogP contribution in [0.2, 0.25) is 0 Å². The maximum Gasteiger partial charge on any atom is 0.225 e. The van der Waals surface area contributed by atoms with Crippen LogP contribution in [0.4, 0.5) is 0 Å². The Morgan fingerprint density at radius 1 is 1.25 bits per heavy atom. The second kappa shape index (κ2) is 7.41. The highest BCUT2D eigenvalue weighted by molar-refractivity contribution is 5.79. The van der Waals surface area contributed by atoms with Crippen molar-refractivity contribution in [2.75, 3.05) is 33.7 Å². The van der Waals surface area contributed by atoms with E-state index in [1.807, 2.05) is 7.05 Å². The third-order valence-corrected chi connectivity index (χ3v) is 5.29. The molecule has 4 nitrogen and oxygen atoms in total. The molecule has 1 saturated carbocycles. The van der Waals surface area contributed by atoms with E-state index in [0.717, 1.165) is 51.7 Å². The zero-order valence-corrected chi connectivity index (χ0v) is 13.2. The molecule has 2 N–H and O–H groups in total. The summed E-state index contributed by atoms with van der Waals surface area (Å²) < 4.78 is 0. The summed E-state index contributed by atoms with van der Waals surface area (Å²) in [5, 5.41) is 0. The predicted molar refractivity (Wildman–Crippen MR) is 82.4 cm³/mol. The molecule has 116 valence electrons. The number of hydrogen-bond donors (Lipinski definition) is 1. The fourth-order valence-electron chi connectivity index (χ4n) is 3.86. The number of nitrogens with two attached hydrogens (primary N) is 1. The third-order valence-electron chi connectivity index (χ3n) is 5.29. The van der Waals surface area contributed by atoms with E-state index in [9.17, 15) is 4.79 Å². The van der Waals surface area contributed by atoms with E-state index >= 15 is 0 Å². The van der Waals surface area contributed by atoms with Crippen LogP contribution in [-0.2, 0) is 4.79 Å². The van der Waals surface area contributed by atoms with Crippen LogP contribution in [0.5, 0.6) is 0 Å². The first-order chi connectivity index (χ1) is 9.61. The number of carbonyl (C=O) groups is 1. The summed E-state index contributed by atoms with van der Waals surface area (Å²) in [6.07, 6.45) is 7.93. The van der Waals surface area contributed by atoms with Gasteiger partial charge in [0, 0.05) is 19.0 Å². The highest BCUT2D eigenvalue weighted by Crippen LogP contribution is 2.32. The number of amides is 1. The molecule has 1 heterocycles. The van der Waals surface area contributed by atoms with E-state index in [1.165, 1.54) is 12.8 Å². The molecular formula is C16H31N3O. The van der Waals surface area contributed by atoms with Gasteiger partial charge in [-0.15, -0.1) is 0 Å². The third kappa shape index (κ3) is 3.95. The first kappa shape index (κ1) is 15.8. The lowest BCUT2D eigenvalue weighted by Gasteiger charge is -2.38. The Morgan fingerprint density at radius 2 is 1.95 bits per heavy atom. The fraction of sp³-hybridized carbons (Fsp3) is 0.938. The summed E-state index contributed by atoms with van der Waals surface area (Å²) in [4.78, 5) is 17.1. The Kier molecular flexibility index (Phi) is 5.85. The molecule has 4 heteroatoms. The molecule has 1 aliphatic heterocycles. The van der Waals surface area contributed by atoms with Crippen molar-refractivity contribution < 1.29 is 4.79 Å². The molecule has 2 unspecified atom stereocenters. The van der Waals surface area contributed by atoms with Crippen LogP contribution in [0.1, 0.15) is 44.9 Å². The molecular weight excluding hydrogens is 250 g/mol. The number of likely N-dealkylation sites (tertiary alicyclic amines) is 1. The summed E-state index contributed by atoms with van der Waals surface area (Å²) in [5.41, 5.74) is 5.67. The van der Waals surface area contributed by atoms with E-state index in [-0.39, 0.29) is 5.92 Å². The number of hydrogen-bond acceptors (Lipinski definition) is 3. The van der Waals surface area contributed by atoms with E-state index < -0.39 is 0 Å². The molecule has 0 aromatic carbocycles. The van der Waals surface area contributed by atoms with Gasteiger partial charge in [0.25, 0.3) is 0 Å². The van der Waals surface area contributed by atoms with Crippen molar-refractivity contribution in [3.8, 4) is 0 Å². The Balaban J connectivity index is 1.86. The maximum absolute atomic E-state index is 12.7. The minimum Gasteiger partial charge on any atom is -0.342 e. The highest BCUT2D eigenvalue weighted by atomic mass is 16.2. The molecule has 0 spiro atoms. The van der Waals surface area contributed by atoms with Crippen LogP contribution in [0.25, 0.3) is 0 Å². The van der Waals surface area contributed by atoms with Gasteiger partial charge >= 0.3 is 0 Å². The van der Waals surface area contributed by atoms with Gasteiger partial charge in [-0.3, -0.25) is 4.79 Å². The van der Waals surface area contributed by atoms with Crippen LogP contribution in [0, 0.1) is 11.8 Å². The van der Waals surface area contributed by atoms with Crippen LogP contribution < -0.4 is 5.73 Å². The molecule has 0 aromatic rings. The van der Waals surface area contributed by atoms with Gasteiger partial charge in [0.1, 0.15) is 0 Å². The van der Waals surface area contributed by atoms with E-state index in [0.29, 0.717) is 17.9 Å². The minimum atomic E-state index is 0.255. The standard InChI is InChI=1S/C16H31N3O/c1-18-10-7-15(8-11-18)19(2)16(20)14-5-3-4-13(12-14)6-9-17/h13-15H,3-12,17H2,1-2H3. The van der Waals surface area contributed by atoms with Crippen LogP contribution >= 0.6 is 0 Å². The molecule has 2 aliphatic rings. The van der Waals surface area contributed by atoms with Gasteiger partial charge < -0.3 is 15.5 Å². The lowest BCUT2D eigenvalue weighted by atomic mass is 9.79. The minimum absolute atomic E-state index is 0.255. The zero-order valence-electron chi connectivity index (χ0n) is 13.2. The van der Waals surface area contributed by atoms with Gasteiger partial charge in [-0.1, -0.05) is 12.8 Å². The fourth-order valence-corrected chi connectivity index (χ4v) is 3.86. The van der Waals surface area contributed by atoms with Gasteiger partial charge in [-0.05, 0) is 64.7 Å². The van der Waals surface area contributed by atoms with Crippen molar-refractivity contribution >= 4 is 5.91 Å². The van der Waals surface area contributed by atoms with E-state index in [4.69, 9.17) is 5.73 Å². The van der Waals surface area contributed by atoms with Gasteiger partial charge in [-0.25, -0.2) is 0 Å². The van der Waals surface area contributed by atoms with Crippen LogP contribution in [0.3, 0.4) is 0 Å². The summed E-state index contributed by atoms with van der Waals surface area (Å²) >= 11 is 0. The molecule has 20 heavy (non-hydrogen) atoms. The average molecular weight is 281 g/mol. The first-order valence-corrected chi connectivity index (χ1v) is 8.27. The topological polar surface area (TPSA) is 49.6 Å². The van der Waals surface area contributed by atoms with Gasteiger partial charge in [-0.2, -0.15) is 0 Å². The lowest BCUT2D eigenvalue weighted by Crippen LogP contribution is -2.47. The average Bonchev–Trinajstić information content (AvgIpc) is 2.47. The van der Waals surface area contributed by atoms with E-state index in [2.05, 4.69) is 16.8 Å². The first-order valence-electron chi connectivity index (χ1n) is 8.27. The second-order valence-corrected chi connectivity index (χ2v) is 6.79. The Labute approximate surface area is 123 Å². The van der Waals surface area contributed by atoms with Crippen molar-refractivity contribution in [1.82, 2.24) is 9.80 Å². The van der Waals surface area contributed by atoms with Crippen LogP contribution in [0.15, 0.2) is 0 Å². The van der Waals surface area contributed by atoms with Crippen LogP contribution in [-0.4, -0.2) is 55.5 Å². The van der Waals surface area contributed by atoms with Crippen molar-refractivity contribution in [3.05, 3.63) is 0 Å². The SMILES string of the molecule is CN1CCC(N(C)C(=O)C2CCCC(CCN)C2)CC1. The Bertz CT molecular complexity index is 307. The normalized spacial score (nSPS) is 29.4. The predicted octanol–water partition coefficient (Wildman–Crippen LogP) is 1.69. The molecule has 2 fully saturated rings. The highest BCUT2D eigenvalue weighted by Gasteiger charge is 2.32. The largest absolute Gasteiger partial charge is 0.342 e. The molecule has 2 rings (SSSR count). The number of rotatable bonds is 4.